The van der Waals surface area contributed by atoms with Crippen molar-refractivity contribution in [3.8, 4) is 11.5 Å². The van der Waals surface area contributed by atoms with Crippen LogP contribution in [0.3, 0.4) is 0 Å². The molecular formula is C19H17FN2O5. The van der Waals surface area contributed by atoms with Crippen LogP contribution < -0.4 is 20.3 Å². The van der Waals surface area contributed by atoms with Crippen molar-refractivity contribution in [2.75, 3.05) is 19.5 Å². The lowest BCUT2D eigenvalue weighted by Crippen LogP contribution is -2.20. The van der Waals surface area contributed by atoms with Crippen LogP contribution in [0, 0.1) is 5.82 Å². The van der Waals surface area contributed by atoms with Gasteiger partial charge in [-0.1, -0.05) is 6.07 Å². The summed E-state index contributed by atoms with van der Waals surface area (Å²) in [5, 5.41) is 12.8. The number of carboxylic acid groups (broad SMARTS) is 1. The van der Waals surface area contributed by atoms with Gasteiger partial charge >= 0.3 is 5.97 Å². The standard InChI is InChI=1S/C19H17FN2O5/c1-26-15-6-3-10(7-16(15)27-2)17(19(24)25)22-11-4-5-12-13(8-11)18(23)21-9-14(12)20/h3-9,17,22H,1-2H3,(H,21,23)(H,24,25). The van der Waals surface area contributed by atoms with Crippen molar-refractivity contribution >= 4 is 22.4 Å². The summed E-state index contributed by atoms with van der Waals surface area (Å²) in [4.78, 5) is 26.0. The van der Waals surface area contributed by atoms with Crippen molar-refractivity contribution in [1.82, 2.24) is 4.98 Å². The fourth-order valence-electron chi connectivity index (χ4n) is 2.80. The highest BCUT2D eigenvalue weighted by molar-refractivity contribution is 5.87. The van der Waals surface area contributed by atoms with Crippen molar-refractivity contribution in [1.29, 1.82) is 0 Å². The fourth-order valence-corrected chi connectivity index (χ4v) is 2.80. The Morgan fingerprint density at radius 2 is 1.85 bits per heavy atom. The van der Waals surface area contributed by atoms with Gasteiger partial charge in [0.05, 0.1) is 19.6 Å². The normalized spacial score (nSPS) is 11.8. The minimum Gasteiger partial charge on any atom is -0.493 e. The molecule has 0 spiro atoms. The van der Waals surface area contributed by atoms with Crippen molar-refractivity contribution in [3.05, 3.63) is 64.3 Å². The van der Waals surface area contributed by atoms with Gasteiger partial charge in [0.25, 0.3) is 5.56 Å². The minimum atomic E-state index is -1.13. The summed E-state index contributed by atoms with van der Waals surface area (Å²) in [5.41, 5.74) is 0.322. The maximum absolute atomic E-state index is 13.8. The lowest BCUT2D eigenvalue weighted by molar-refractivity contribution is -0.138. The van der Waals surface area contributed by atoms with E-state index in [1.807, 2.05) is 0 Å². The zero-order valence-corrected chi connectivity index (χ0v) is 14.6. The first-order valence-corrected chi connectivity index (χ1v) is 7.97. The Balaban J connectivity index is 2.00. The van der Waals surface area contributed by atoms with E-state index in [9.17, 15) is 19.1 Å². The Morgan fingerprint density at radius 3 is 2.52 bits per heavy atom. The largest absolute Gasteiger partial charge is 0.493 e. The molecule has 3 aromatic rings. The Morgan fingerprint density at radius 1 is 1.11 bits per heavy atom. The van der Waals surface area contributed by atoms with Gasteiger partial charge in [0.1, 0.15) is 5.82 Å². The number of hydrogen-bond acceptors (Lipinski definition) is 5. The molecule has 2 aromatic carbocycles. The van der Waals surface area contributed by atoms with E-state index < -0.39 is 23.4 Å². The van der Waals surface area contributed by atoms with Gasteiger partial charge in [0.2, 0.25) is 0 Å². The second kappa shape index (κ2) is 7.36. The molecule has 1 unspecified atom stereocenters. The number of aliphatic carboxylic acids is 1. The number of halogens is 1. The van der Waals surface area contributed by atoms with Gasteiger partial charge in [-0.3, -0.25) is 4.79 Å². The highest BCUT2D eigenvalue weighted by atomic mass is 19.1. The molecule has 0 saturated heterocycles. The van der Waals surface area contributed by atoms with Gasteiger partial charge in [0, 0.05) is 17.3 Å². The number of benzene rings is 2. The zero-order valence-electron chi connectivity index (χ0n) is 14.6. The molecule has 1 aromatic heterocycles. The van der Waals surface area contributed by atoms with Gasteiger partial charge in [-0.05, 0) is 35.9 Å². The van der Waals surface area contributed by atoms with Crippen molar-refractivity contribution < 1.29 is 23.8 Å². The Hall–Kier alpha value is -3.55. The molecule has 0 aliphatic carbocycles. The fraction of sp³-hybridized carbons (Fsp3) is 0.158. The summed E-state index contributed by atoms with van der Waals surface area (Å²) >= 11 is 0. The van der Waals surface area contributed by atoms with Crippen molar-refractivity contribution in [3.63, 3.8) is 0 Å². The van der Waals surface area contributed by atoms with Crippen LogP contribution in [-0.2, 0) is 4.79 Å². The van der Waals surface area contributed by atoms with Crippen LogP contribution in [0.4, 0.5) is 10.1 Å². The number of anilines is 1. The second-order valence-corrected chi connectivity index (χ2v) is 5.76. The highest BCUT2D eigenvalue weighted by Crippen LogP contribution is 2.31. The van der Waals surface area contributed by atoms with E-state index in [0.717, 1.165) is 6.20 Å². The average molecular weight is 372 g/mol. The van der Waals surface area contributed by atoms with Crippen LogP contribution in [0.2, 0.25) is 0 Å². The third-order valence-electron chi connectivity index (χ3n) is 4.15. The summed E-state index contributed by atoms with van der Waals surface area (Å²) < 4.78 is 24.2. The molecule has 0 aliphatic heterocycles. The summed E-state index contributed by atoms with van der Waals surface area (Å²) in [6.45, 7) is 0. The number of carboxylic acids is 1. The highest BCUT2D eigenvalue weighted by Gasteiger charge is 2.22. The quantitative estimate of drug-likeness (QED) is 0.615. The molecule has 0 bridgehead atoms. The lowest BCUT2D eigenvalue weighted by Gasteiger charge is -2.18. The number of methoxy groups -OCH3 is 2. The van der Waals surface area contributed by atoms with E-state index in [1.165, 1.54) is 32.4 Å². The topological polar surface area (TPSA) is 101 Å². The van der Waals surface area contributed by atoms with Gasteiger partial charge in [-0.25, -0.2) is 9.18 Å². The van der Waals surface area contributed by atoms with E-state index in [0.29, 0.717) is 22.7 Å². The van der Waals surface area contributed by atoms with Crippen LogP contribution in [0.25, 0.3) is 10.8 Å². The molecule has 1 heterocycles. The number of fused-ring (bicyclic) bond motifs is 1. The first-order valence-electron chi connectivity index (χ1n) is 7.97. The number of aromatic nitrogens is 1. The van der Waals surface area contributed by atoms with Crippen LogP contribution in [0.5, 0.6) is 11.5 Å². The lowest BCUT2D eigenvalue weighted by atomic mass is 10.0. The van der Waals surface area contributed by atoms with Gasteiger partial charge in [-0.15, -0.1) is 0 Å². The van der Waals surface area contributed by atoms with Crippen LogP contribution in [0.15, 0.2) is 47.4 Å². The molecule has 140 valence electrons. The molecule has 3 N–H and O–H groups in total. The third kappa shape index (κ3) is 3.55. The molecule has 0 radical (unpaired) electrons. The van der Waals surface area contributed by atoms with Crippen molar-refractivity contribution in [2.24, 2.45) is 0 Å². The van der Waals surface area contributed by atoms with Crippen LogP contribution in [0.1, 0.15) is 11.6 Å². The smallest absolute Gasteiger partial charge is 0.330 e. The van der Waals surface area contributed by atoms with E-state index in [2.05, 4.69) is 10.3 Å². The molecule has 7 nitrogen and oxygen atoms in total. The Kier molecular flexibility index (Phi) is 4.98. The number of carbonyl (C=O) groups is 1. The van der Waals surface area contributed by atoms with Crippen LogP contribution >= 0.6 is 0 Å². The molecular weight excluding hydrogens is 355 g/mol. The van der Waals surface area contributed by atoms with Gasteiger partial charge in [-0.2, -0.15) is 0 Å². The minimum absolute atomic E-state index is 0.122. The number of H-pyrrole nitrogens is 1. The molecule has 0 saturated carbocycles. The predicted molar refractivity (Wildman–Crippen MR) is 98.1 cm³/mol. The van der Waals surface area contributed by atoms with E-state index in [4.69, 9.17) is 9.47 Å². The predicted octanol–water partition coefficient (Wildman–Crippen LogP) is 2.92. The summed E-state index contributed by atoms with van der Waals surface area (Å²) in [7, 11) is 2.94. The Labute approximate surface area is 153 Å². The molecule has 3 rings (SSSR count). The van der Waals surface area contributed by atoms with Gasteiger partial charge in [0.15, 0.2) is 17.5 Å². The van der Waals surface area contributed by atoms with Crippen LogP contribution in [-0.4, -0.2) is 30.3 Å². The average Bonchev–Trinajstić information content (AvgIpc) is 2.68. The monoisotopic (exact) mass is 372 g/mol. The SMILES string of the molecule is COc1ccc(C(Nc2ccc3c(F)c[nH]c(=O)c3c2)C(=O)O)cc1OC. The number of ether oxygens (including phenoxy) is 2. The van der Waals surface area contributed by atoms with Gasteiger partial charge < -0.3 is 24.9 Å². The number of nitrogens with one attached hydrogen (secondary N) is 2. The van der Waals surface area contributed by atoms with E-state index in [1.54, 1.807) is 18.2 Å². The first-order chi connectivity index (χ1) is 12.9. The number of pyridine rings is 1. The molecule has 8 heteroatoms. The van der Waals surface area contributed by atoms with E-state index in [-0.39, 0.29) is 10.8 Å². The number of rotatable bonds is 6. The maximum Gasteiger partial charge on any atom is 0.330 e. The summed E-state index contributed by atoms with van der Waals surface area (Å²) in [6.07, 6.45) is 0.988. The molecule has 0 aliphatic rings. The first kappa shape index (κ1) is 18.2. The third-order valence-corrected chi connectivity index (χ3v) is 4.15. The molecule has 27 heavy (non-hydrogen) atoms. The second-order valence-electron chi connectivity index (χ2n) is 5.76. The summed E-state index contributed by atoms with van der Waals surface area (Å²) in [5.74, 6) is -0.834. The molecule has 0 amide bonds. The van der Waals surface area contributed by atoms with E-state index >= 15 is 0 Å². The number of aromatic amines is 1. The zero-order chi connectivity index (χ0) is 19.6. The van der Waals surface area contributed by atoms with Crippen molar-refractivity contribution in [2.45, 2.75) is 6.04 Å². The molecule has 0 fully saturated rings. The summed E-state index contributed by atoms with van der Waals surface area (Å²) in [6, 6.07) is 7.99. The number of hydrogen-bond donors (Lipinski definition) is 3. The maximum atomic E-state index is 13.8. The molecule has 1 atom stereocenters. The Bertz CT molecular complexity index is 1060.